The van der Waals surface area contributed by atoms with E-state index >= 15 is 0 Å². The van der Waals surface area contributed by atoms with Crippen LogP contribution in [-0.2, 0) is 16.4 Å². The number of nitrogens with zero attached hydrogens (tertiary/aromatic N) is 3. The fourth-order valence-corrected chi connectivity index (χ4v) is 3.20. The molecule has 0 aliphatic carbocycles. The van der Waals surface area contributed by atoms with E-state index in [-0.39, 0.29) is 11.5 Å². The third kappa shape index (κ3) is 2.85. The van der Waals surface area contributed by atoms with E-state index in [1.165, 1.54) is 6.26 Å². The maximum Gasteiger partial charge on any atom is 0.293 e. The summed E-state index contributed by atoms with van der Waals surface area (Å²) in [7, 11) is -2.86. The fraction of sp³-hybridized carbons (Fsp3) is 0.455. The first-order chi connectivity index (χ1) is 9.12. The molecule has 2 aromatic heterocycles. The van der Waals surface area contributed by atoms with Crippen molar-refractivity contribution in [3.8, 4) is 11.7 Å². The molecular weight excluding hydrogens is 270 g/mol. The van der Waals surface area contributed by atoms with Gasteiger partial charge >= 0.3 is 0 Å². The summed E-state index contributed by atoms with van der Waals surface area (Å²) in [6, 6.07) is 3.49. The third-order valence-electron chi connectivity index (χ3n) is 3.00. The summed E-state index contributed by atoms with van der Waals surface area (Å²) >= 11 is 0. The predicted molar refractivity (Wildman–Crippen MR) is 65.9 cm³/mol. The van der Waals surface area contributed by atoms with Crippen molar-refractivity contribution in [3.63, 3.8) is 0 Å². The first-order valence-electron chi connectivity index (χ1n) is 5.92. The summed E-state index contributed by atoms with van der Waals surface area (Å²) in [5.74, 6) is 1.78. The highest BCUT2D eigenvalue weighted by atomic mass is 32.2. The van der Waals surface area contributed by atoms with Gasteiger partial charge in [0.15, 0.2) is 21.4 Å². The molecule has 7 nitrogen and oxygen atoms in total. The molecule has 3 rings (SSSR count). The van der Waals surface area contributed by atoms with E-state index in [1.807, 2.05) is 4.90 Å². The van der Waals surface area contributed by atoms with Crippen LogP contribution < -0.4 is 0 Å². The van der Waals surface area contributed by atoms with E-state index < -0.39 is 9.84 Å². The smallest absolute Gasteiger partial charge is 0.293 e. The van der Waals surface area contributed by atoms with Gasteiger partial charge in [0, 0.05) is 13.1 Å². The topological polar surface area (TPSA) is 89.4 Å². The second kappa shape index (κ2) is 4.78. The Kier molecular flexibility index (Phi) is 3.11. The molecule has 0 aromatic carbocycles. The largest absolute Gasteiger partial charge is 0.459 e. The predicted octanol–water partition coefficient (Wildman–Crippen LogP) is 0.560. The van der Waals surface area contributed by atoms with Crippen molar-refractivity contribution >= 4 is 9.84 Å². The van der Waals surface area contributed by atoms with E-state index in [9.17, 15) is 8.42 Å². The minimum Gasteiger partial charge on any atom is -0.459 e. The molecule has 1 fully saturated rings. The zero-order chi connectivity index (χ0) is 13.3. The summed E-state index contributed by atoms with van der Waals surface area (Å²) in [5.41, 5.74) is 0. The van der Waals surface area contributed by atoms with Gasteiger partial charge in [0.2, 0.25) is 0 Å². The molecule has 0 N–H and O–H groups in total. The summed E-state index contributed by atoms with van der Waals surface area (Å²) in [6.07, 6.45) is 1.54. The Bertz CT molecular complexity index is 633. The SMILES string of the molecule is O=S1(=O)CCN(Cc2noc(-c3ccco3)n2)CC1. The van der Waals surface area contributed by atoms with Crippen molar-refractivity contribution in [3.05, 3.63) is 24.2 Å². The molecule has 2 aromatic rings. The van der Waals surface area contributed by atoms with Crippen LogP contribution in [0.25, 0.3) is 11.7 Å². The highest BCUT2D eigenvalue weighted by Crippen LogP contribution is 2.17. The Morgan fingerprint density at radius 2 is 2.11 bits per heavy atom. The zero-order valence-corrected chi connectivity index (χ0v) is 11.0. The lowest BCUT2D eigenvalue weighted by molar-refractivity contribution is 0.274. The van der Waals surface area contributed by atoms with E-state index in [0.29, 0.717) is 37.1 Å². The number of rotatable bonds is 3. The molecule has 1 saturated heterocycles. The quantitative estimate of drug-likeness (QED) is 0.813. The molecule has 8 heteroatoms. The van der Waals surface area contributed by atoms with Gasteiger partial charge in [-0.15, -0.1) is 0 Å². The van der Waals surface area contributed by atoms with E-state index in [0.717, 1.165) is 0 Å². The minimum atomic E-state index is -2.86. The second-order valence-electron chi connectivity index (χ2n) is 4.42. The molecule has 0 spiro atoms. The lowest BCUT2D eigenvalue weighted by Gasteiger charge is -2.24. The summed E-state index contributed by atoms with van der Waals surface area (Å²) in [4.78, 5) is 6.22. The number of sulfone groups is 1. The van der Waals surface area contributed by atoms with Crippen LogP contribution in [0, 0.1) is 0 Å². The van der Waals surface area contributed by atoms with Crippen molar-refractivity contribution in [2.75, 3.05) is 24.6 Å². The van der Waals surface area contributed by atoms with E-state index in [2.05, 4.69) is 10.1 Å². The van der Waals surface area contributed by atoms with Crippen LogP contribution in [0.2, 0.25) is 0 Å². The Morgan fingerprint density at radius 1 is 1.32 bits per heavy atom. The van der Waals surface area contributed by atoms with Gasteiger partial charge in [-0.05, 0) is 12.1 Å². The normalized spacial score (nSPS) is 19.6. The third-order valence-corrected chi connectivity index (χ3v) is 4.61. The summed E-state index contributed by atoms with van der Waals surface area (Å²) < 4.78 is 32.9. The van der Waals surface area contributed by atoms with Crippen molar-refractivity contribution in [2.45, 2.75) is 6.54 Å². The average Bonchev–Trinajstić information content (AvgIpc) is 3.02. The molecule has 102 valence electrons. The standard InChI is InChI=1S/C11H13N3O4S/c15-19(16)6-3-14(4-7-19)8-10-12-11(18-13-10)9-2-1-5-17-9/h1-2,5H,3-4,6-8H2. The summed E-state index contributed by atoms with van der Waals surface area (Å²) in [6.45, 7) is 1.50. The van der Waals surface area contributed by atoms with E-state index in [4.69, 9.17) is 8.94 Å². The van der Waals surface area contributed by atoms with Gasteiger partial charge in [-0.2, -0.15) is 4.98 Å². The summed E-state index contributed by atoms with van der Waals surface area (Å²) in [5, 5.41) is 3.87. The van der Waals surface area contributed by atoms with Crippen LogP contribution >= 0.6 is 0 Å². The number of aromatic nitrogens is 2. The van der Waals surface area contributed by atoms with Crippen LogP contribution in [0.1, 0.15) is 5.82 Å². The Hall–Kier alpha value is -1.67. The lowest BCUT2D eigenvalue weighted by Crippen LogP contribution is -2.39. The van der Waals surface area contributed by atoms with Crippen LogP contribution in [-0.4, -0.2) is 48.1 Å². The van der Waals surface area contributed by atoms with Crippen molar-refractivity contribution in [1.29, 1.82) is 0 Å². The maximum absolute atomic E-state index is 11.3. The molecule has 0 radical (unpaired) electrons. The van der Waals surface area contributed by atoms with Crippen molar-refractivity contribution < 1.29 is 17.4 Å². The van der Waals surface area contributed by atoms with Crippen LogP contribution in [0.4, 0.5) is 0 Å². The highest BCUT2D eigenvalue weighted by Gasteiger charge is 2.23. The Labute approximate surface area is 110 Å². The molecule has 1 aliphatic rings. The number of hydrogen-bond donors (Lipinski definition) is 0. The fourth-order valence-electron chi connectivity index (χ4n) is 1.93. The van der Waals surface area contributed by atoms with Gasteiger partial charge in [-0.3, -0.25) is 4.90 Å². The number of hydrogen-bond acceptors (Lipinski definition) is 7. The van der Waals surface area contributed by atoms with Gasteiger partial charge in [0.05, 0.1) is 24.3 Å². The molecular formula is C11H13N3O4S. The molecule has 0 bridgehead atoms. The van der Waals surface area contributed by atoms with E-state index in [1.54, 1.807) is 12.1 Å². The molecule has 0 unspecified atom stereocenters. The van der Waals surface area contributed by atoms with Crippen molar-refractivity contribution in [2.24, 2.45) is 0 Å². The van der Waals surface area contributed by atoms with Gasteiger partial charge < -0.3 is 8.94 Å². The molecule has 1 aliphatic heterocycles. The number of furan rings is 1. The molecule has 3 heterocycles. The second-order valence-corrected chi connectivity index (χ2v) is 6.72. The van der Waals surface area contributed by atoms with Crippen LogP contribution in [0.15, 0.2) is 27.3 Å². The first kappa shape index (κ1) is 12.4. The Morgan fingerprint density at radius 3 is 2.79 bits per heavy atom. The molecule has 0 atom stereocenters. The van der Waals surface area contributed by atoms with Gasteiger partial charge in [-0.1, -0.05) is 5.16 Å². The maximum atomic E-state index is 11.3. The van der Waals surface area contributed by atoms with Crippen molar-refractivity contribution in [1.82, 2.24) is 15.0 Å². The molecule has 0 saturated carbocycles. The van der Waals surface area contributed by atoms with Gasteiger partial charge in [0.25, 0.3) is 5.89 Å². The van der Waals surface area contributed by atoms with Gasteiger partial charge in [-0.25, -0.2) is 8.42 Å². The molecule has 19 heavy (non-hydrogen) atoms. The zero-order valence-electron chi connectivity index (χ0n) is 10.2. The first-order valence-corrected chi connectivity index (χ1v) is 7.74. The van der Waals surface area contributed by atoms with Gasteiger partial charge in [0.1, 0.15) is 0 Å². The average molecular weight is 283 g/mol. The molecule has 0 amide bonds. The minimum absolute atomic E-state index is 0.190. The van der Waals surface area contributed by atoms with Crippen LogP contribution in [0.5, 0.6) is 0 Å². The lowest BCUT2D eigenvalue weighted by atomic mass is 10.4. The van der Waals surface area contributed by atoms with Crippen LogP contribution in [0.3, 0.4) is 0 Å². The Balaban J connectivity index is 1.65. The highest BCUT2D eigenvalue weighted by molar-refractivity contribution is 7.91. The monoisotopic (exact) mass is 283 g/mol.